The molecule has 3 aromatic rings. The molecule has 1 amide bonds. The molecule has 4 rings (SSSR count). The number of carbonyl (C=O) groups excluding carboxylic acids is 1. The Morgan fingerprint density at radius 1 is 1.17 bits per heavy atom. The van der Waals surface area contributed by atoms with Gasteiger partial charge in [-0.15, -0.1) is 0 Å². The molecule has 0 saturated carbocycles. The first kappa shape index (κ1) is 14.9. The smallest absolute Gasteiger partial charge is 0.223 e. The number of aromatic nitrogens is 1. The van der Waals surface area contributed by atoms with Crippen molar-refractivity contribution < 1.29 is 9.18 Å². The summed E-state index contributed by atoms with van der Waals surface area (Å²) in [7, 11) is 0. The molecule has 0 radical (unpaired) electrons. The van der Waals surface area contributed by atoms with Gasteiger partial charge in [0.05, 0.1) is 0 Å². The summed E-state index contributed by atoms with van der Waals surface area (Å²) in [4.78, 5) is 17.8. The highest BCUT2D eigenvalue weighted by Crippen LogP contribution is 2.28. The normalized spacial score (nSPS) is 14.0. The number of benzene rings is 2. The third-order valence-electron chi connectivity index (χ3n) is 4.76. The topological polar surface area (TPSA) is 36.1 Å². The molecule has 0 bridgehead atoms. The van der Waals surface area contributed by atoms with Crippen LogP contribution in [0.5, 0.6) is 0 Å². The maximum atomic E-state index is 13.6. The Bertz CT molecular complexity index is 885. The molecule has 1 aliphatic heterocycles. The van der Waals surface area contributed by atoms with E-state index in [1.807, 2.05) is 35.2 Å². The molecule has 24 heavy (non-hydrogen) atoms. The molecule has 0 atom stereocenters. The minimum absolute atomic E-state index is 0.162. The lowest BCUT2D eigenvalue weighted by atomic mass is 10.0. The fourth-order valence-electron chi connectivity index (χ4n) is 3.45. The Morgan fingerprint density at radius 2 is 2.00 bits per heavy atom. The zero-order chi connectivity index (χ0) is 16.5. The van der Waals surface area contributed by atoms with E-state index in [4.69, 9.17) is 0 Å². The van der Waals surface area contributed by atoms with Gasteiger partial charge < -0.3 is 9.88 Å². The molecule has 0 unspecified atom stereocenters. The fourth-order valence-corrected chi connectivity index (χ4v) is 3.45. The SMILES string of the molecule is O=C(CCc1ccccc1)N1CCc2[nH]c3ccc(F)cc3c2C1. The maximum absolute atomic E-state index is 13.6. The first-order valence-electron chi connectivity index (χ1n) is 8.31. The van der Waals surface area contributed by atoms with Crippen LogP contribution in [0.25, 0.3) is 10.9 Å². The second-order valence-corrected chi connectivity index (χ2v) is 6.32. The monoisotopic (exact) mass is 322 g/mol. The predicted molar refractivity (Wildman–Crippen MR) is 92.1 cm³/mol. The largest absolute Gasteiger partial charge is 0.358 e. The Hall–Kier alpha value is -2.62. The number of rotatable bonds is 3. The van der Waals surface area contributed by atoms with Crippen LogP contribution in [0.15, 0.2) is 48.5 Å². The first-order chi connectivity index (χ1) is 11.7. The van der Waals surface area contributed by atoms with Crippen molar-refractivity contribution in [2.75, 3.05) is 6.54 Å². The van der Waals surface area contributed by atoms with E-state index < -0.39 is 0 Å². The van der Waals surface area contributed by atoms with Crippen molar-refractivity contribution in [2.24, 2.45) is 0 Å². The summed E-state index contributed by atoms with van der Waals surface area (Å²) >= 11 is 0. The van der Waals surface area contributed by atoms with Crippen LogP contribution >= 0.6 is 0 Å². The minimum atomic E-state index is -0.239. The predicted octanol–water partition coefficient (Wildman–Crippen LogP) is 3.82. The van der Waals surface area contributed by atoms with Crippen LogP contribution in [0.2, 0.25) is 0 Å². The number of aryl methyl sites for hydroxylation is 1. The molecule has 0 aliphatic carbocycles. The summed E-state index contributed by atoms with van der Waals surface area (Å²) in [6, 6.07) is 14.9. The molecular formula is C20H19FN2O. The molecule has 0 spiro atoms. The maximum Gasteiger partial charge on any atom is 0.223 e. The fraction of sp³-hybridized carbons (Fsp3) is 0.250. The molecule has 1 aromatic heterocycles. The Kier molecular flexibility index (Phi) is 3.81. The highest BCUT2D eigenvalue weighted by atomic mass is 19.1. The van der Waals surface area contributed by atoms with Crippen LogP contribution in [-0.2, 0) is 24.2 Å². The van der Waals surface area contributed by atoms with Gasteiger partial charge in [0.25, 0.3) is 0 Å². The number of nitrogens with one attached hydrogen (secondary N) is 1. The van der Waals surface area contributed by atoms with Gasteiger partial charge in [0.2, 0.25) is 5.91 Å². The Labute approximate surface area is 140 Å². The second kappa shape index (κ2) is 6.11. The number of nitrogens with zero attached hydrogens (tertiary/aromatic N) is 1. The van der Waals surface area contributed by atoms with E-state index in [2.05, 4.69) is 4.98 Å². The summed E-state index contributed by atoms with van der Waals surface area (Å²) in [6.07, 6.45) is 2.06. The van der Waals surface area contributed by atoms with E-state index in [1.54, 1.807) is 12.1 Å². The molecule has 0 fully saturated rings. The molecule has 1 N–H and O–H groups in total. The van der Waals surface area contributed by atoms with Crippen LogP contribution in [-0.4, -0.2) is 22.3 Å². The second-order valence-electron chi connectivity index (χ2n) is 6.32. The zero-order valence-electron chi connectivity index (χ0n) is 13.4. The molecule has 4 heteroatoms. The van der Waals surface area contributed by atoms with Gasteiger partial charge in [0.15, 0.2) is 0 Å². The number of fused-ring (bicyclic) bond motifs is 3. The average Bonchev–Trinajstić information content (AvgIpc) is 2.97. The van der Waals surface area contributed by atoms with Gasteiger partial charge in [0, 0.05) is 48.1 Å². The van der Waals surface area contributed by atoms with Gasteiger partial charge >= 0.3 is 0 Å². The summed E-state index contributed by atoms with van der Waals surface area (Å²) in [5, 5.41) is 0.894. The zero-order valence-corrected chi connectivity index (χ0v) is 13.4. The first-order valence-corrected chi connectivity index (χ1v) is 8.31. The van der Waals surface area contributed by atoms with Crippen molar-refractivity contribution in [3.8, 4) is 0 Å². The van der Waals surface area contributed by atoms with E-state index in [0.717, 1.165) is 41.5 Å². The van der Waals surface area contributed by atoms with Gasteiger partial charge in [-0.05, 0) is 30.2 Å². The van der Waals surface area contributed by atoms with Gasteiger partial charge in [-0.3, -0.25) is 4.79 Å². The molecule has 2 heterocycles. The molecule has 122 valence electrons. The third-order valence-corrected chi connectivity index (χ3v) is 4.76. The quantitative estimate of drug-likeness (QED) is 0.782. The number of hydrogen-bond acceptors (Lipinski definition) is 1. The number of amides is 1. The van der Waals surface area contributed by atoms with Crippen LogP contribution in [0.4, 0.5) is 4.39 Å². The van der Waals surface area contributed by atoms with Crippen LogP contribution in [0.3, 0.4) is 0 Å². The Morgan fingerprint density at radius 3 is 2.83 bits per heavy atom. The Balaban J connectivity index is 1.50. The third kappa shape index (κ3) is 2.80. The summed E-state index contributed by atoms with van der Waals surface area (Å²) in [6.45, 7) is 1.28. The lowest BCUT2D eigenvalue weighted by molar-refractivity contribution is -0.132. The van der Waals surface area contributed by atoms with E-state index >= 15 is 0 Å². The molecule has 2 aromatic carbocycles. The van der Waals surface area contributed by atoms with Crippen LogP contribution in [0, 0.1) is 5.82 Å². The van der Waals surface area contributed by atoms with Crippen molar-refractivity contribution >= 4 is 16.8 Å². The lowest BCUT2D eigenvalue weighted by Gasteiger charge is -2.27. The van der Waals surface area contributed by atoms with Crippen LogP contribution in [0.1, 0.15) is 23.2 Å². The van der Waals surface area contributed by atoms with Crippen molar-refractivity contribution in [1.82, 2.24) is 9.88 Å². The molecule has 1 aliphatic rings. The van der Waals surface area contributed by atoms with E-state index in [-0.39, 0.29) is 11.7 Å². The highest BCUT2D eigenvalue weighted by Gasteiger charge is 2.23. The number of H-pyrrole nitrogens is 1. The summed E-state index contributed by atoms with van der Waals surface area (Å²) in [5.74, 6) is -0.0768. The standard InChI is InChI=1S/C20H19FN2O/c21-15-7-8-18-16(12-15)17-13-23(11-10-19(17)22-18)20(24)9-6-14-4-2-1-3-5-14/h1-5,7-8,12,22H,6,9-11,13H2. The lowest BCUT2D eigenvalue weighted by Crippen LogP contribution is -2.35. The minimum Gasteiger partial charge on any atom is -0.358 e. The van der Waals surface area contributed by atoms with Gasteiger partial charge in [-0.1, -0.05) is 30.3 Å². The molecule has 3 nitrogen and oxygen atoms in total. The van der Waals surface area contributed by atoms with Crippen molar-refractivity contribution in [3.05, 3.63) is 71.2 Å². The number of carbonyl (C=O) groups is 1. The van der Waals surface area contributed by atoms with E-state index in [1.165, 1.54) is 11.6 Å². The highest BCUT2D eigenvalue weighted by molar-refractivity contribution is 5.86. The van der Waals surface area contributed by atoms with E-state index in [0.29, 0.717) is 13.0 Å². The number of hydrogen-bond donors (Lipinski definition) is 1. The van der Waals surface area contributed by atoms with Crippen molar-refractivity contribution in [3.63, 3.8) is 0 Å². The van der Waals surface area contributed by atoms with Crippen LogP contribution < -0.4 is 0 Å². The summed E-state index contributed by atoms with van der Waals surface area (Å²) < 4.78 is 13.6. The van der Waals surface area contributed by atoms with Gasteiger partial charge in [0.1, 0.15) is 5.82 Å². The van der Waals surface area contributed by atoms with Gasteiger partial charge in [-0.25, -0.2) is 4.39 Å². The summed E-state index contributed by atoms with van der Waals surface area (Å²) in [5.41, 5.74) is 4.31. The van der Waals surface area contributed by atoms with Crippen molar-refractivity contribution in [1.29, 1.82) is 0 Å². The number of aromatic amines is 1. The molecule has 0 saturated heterocycles. The number of halogens is 1. The van der Waals surface area contributed by atoms with E-state index in [9.17, 15) is 9.18 Å². The average molecular weight is 322 g/mol. The van der Waals surface area contributed by atoms with Gasteiger partial charge in [-0.2, -0.15) is 0 Å². The van der Waals surface area contributed by atoms with Crippen molar-refractivity contribution in [2.45, 2.75) is 25.8 Å². The molecular weight excluding hydrogens is 303 g/mol.